The molecule has 0 aliphatic rings. The van der Waals surface area contributed by atoms with Crippen molar-refractivity contribution in [1.82, 2.24) is 9.78 Å². The number of hydrogen-bond donors (Lipinski definition) is 1. The summed E-state index contributed by atoms with van der Waals surface area (Å²) in [6.07, 6.45) is 0. The highest BCUT2D eigenvalue weighted by Gasteiger charge is 2.16. The molecule has 0 aliphatic carbocycles. The van der Waals surface area contributed by atoms with Crippen molar-refractivity contribution < 1.29 is 9.53 Å². The summed E-state index contributed by atoms with van der Waals surface area (Å²) in [5.41, 5.74) is 6.14. The van der Waals surface area contributed by atoms with E-state index in [0.717, 1.165) is 28.3 Å². The lowest BCUT2D eigenvalue weighted by molar-refractivity contribution is 0.102. The summed E-state index contributed by atoms with van der Waals surface area (Å²) in [5.74, 6) is 0.461. The van der Waals surface area contributed by atoms with Crippen LogP contribution in [-0.2, 0) is 6.61 Å². The van der Waals surface area contributed by atoms with Gasteiger partial charge in [-0.2, -0.15) is 5.10 Å². The van der Waals surface area contributed by atoms with Gasteiger partial charge in [-0.1, -0.05) is 54.1 Å². The molecule has 1 heterocycles. The maximum absolute atomic E-state index is 12.9. The van der Waals surface area contributed by atoms with Crippen LogP contribution in [0.15, 0.2) is 78.9 Å². The normalized spacial score (nSPS) is 10.7. The van der Waals surface area contributed by atoms with Crippen LogP contribution in [0.3, 0.4) is 0 Å². The predicted octanol–water partition coefficient (Wildman–Crippen LogP) is 5.63. The van der Waals surface area contributed by atoms with Gasteiger partial charge >= 0.3 is 0 Å². The number of benzene rings is 3. The van der Waals surface area contributed by atoms with Gasteiger partial charge in [0, 0.05) is 5.56 Å². The molecule has 0 aliphatic heterocycles. The highest BCUT2D eigenvalue weighted by atomic mass is 16.5. The fraction of sp³-hybridized carbons (Fsp3) is 0.154. The lowest BCUT2D eigenvalue weighted by Gasteiger charge is -2.10. The van der Waals surface area contributed by atoms with Crippen LogP contribution in [0, 0.1) is 20.8 Å². The number of para-hydroxylation sites is 1. The molecular formula is C26H25N3O2. The molecule has 0 unspecified atom stereocenters. The summed E-state index contributed by atoms with van der Waals surface area (Å²) < 4.78 is 7.74. The number of anilines is 1. The van der Waals surface area contributed by atoms with Crippen molar-refractivity contribution in [3.8, 4) is 11.4 Å². The van der Waals surface area contributed by atoms with E-state index in [4.69, 9.17) is 4.74 Å². The number of rotatable bonds is 6. The first-order chi connectivity index (χ1) is 15.0. The SMILES string of the molecule is Cc1cccc(COc2cccc(C(=O)Nc3c(C)nn(-c4ccccc4)c3C)c2)c1. The van der Waals surface area contributed by atoms with Gasteiger partial charge in [0.2, 0.25) is 0 Å². The summed E-state index contributed by atoms with van der Waals surface area (Å²) in [6.45, 7) is 6.35. The van der Waals surface area contributed by atoms with Gasteiger partial charge in [0.25, 0.3) is 5.91 Å². The summed E-state index contributed by atoms with van der Waals surface area (Å²) >= 11 is 0. The second kappa shape index (κ2) is 8.88. The fourth-order valence-corrected chi connectivity index (χ4v) is 3.53. The van der Waals surface area contributed by atoms with Crippen LogP contribution in [-0.4, -0.2) is 15.7 Å². The first kappa shape index (κ1) is 20.4. The molecule has 0 atom stereocenters. The van der Waals surface area contributed by atoms with Gasteiger partial charge in [-0.15, -0.1) is 0 Å². The van der Waals surface area contributed by atoms with Gasteiger partial charge in [-0.3, -0.25) is 4.79 Å². The molecule has 4 rings (SSSR count). The first-order valence-corrected chi connectivity index (χ1v) is 10.2. The van der Waals surface area contributed by atoms with Crippen molar-refractivity contribution in [3.63, 3.8) is 0 Å². The summed E-state index contributed by atoms with van der Waals surface area (Å²) in [7, 11) is 0. The zero-order chi connectivity index (χ0) is 21.8. The van der Waals surface area contributed by atoms with Crippen LogP contribution in [0.4, 0.5) is 5.69 Å². The molecule has 0 fully saturated rings. The molecule has 31 heavy (non-hydrogen) atoms. The molecule has 5 heteroatoms. The lowest BCUT2D eigenvalue weighted by atomic mass is 10.1. The van der Waals surface area contributed by atoms with Crippen LogP contribution < -0.4 is 10.1 Å². The Bertz CT molecular complexity index is 1210. The Morgan fingerprint density at radius 2 is 1.71 bits per heavy atom. The number of nitrogens with zero attached hydrogens (tertiary/aromatic N) is 2. The molecule has 5 nitrogen and oxygen atoms in total. The maximum atomic E-state index is 12.9. The van der Waals surface area contributed by atoms with Crippen LogP contribution in [0.1, 0.15) is 32.9 Å². The standard InChI is InChI=1S/C26H25N3O2/c1-18-9-7-10-21(15-18)17-31-24-14-8-11-22(16-24)26(30)27-25-19(2)28-29(20(25)3)23-12-5-4-6-13-23/h4-16H,17H2,1-3H3,(H,27,30). The minimum Gasteiger partial charge on any atom is -0.489 e. The Hall–Kier alpha value is -3.86. The predicted molar refractivity (Wildman–Crippen MR) is 123 cm³/mol. The van der Waals surface area contributed by atoms with E-state index in [-0.39, 0.29) is 5.91 Å². The topological polar surface area (TPSA) is 56.1 Å². The minimum atomic E-state index is -0.195. The number of aryl methyl sites for hydroxylation is 2. The first-order valence-electron chi connectivity index (χ1n) is 10.2. The second-order valence-corrected chi connectivity index (χ2v) is 7.55. The summed E-state index contributed by atoms with van der Waals surface area (Å²) in [4.78, 5) is 12.9. The van der Waals surface area contributed by atoms with Crippen molar-refractivity contribution >= 4 is 11.6 Å². The van der Waals surface area contributed by atoms with Gasteiger partial charge in [-0.05, 0) is 56.7 Å². The Morgan fingerprint density at radius 3 is 2.48 bits per heavy atom. The Balaban J connectivity index is 1.49. The van der Waals surface area contributed by atoms with Crippen molar-refractivity contribution in [2.24, 2.45) is 0 Å². The Labute approximate surface area is 182 Å². The molecule has 1 amide bonds. The fourth-order valence-electron chi connectivity index (χ4n) is 3.53. The highest BCUT2D eigenvalue weighted by molar-refractivity contribution is 6.05. The summed E-state index contributed by atoms with van der Waals surface area (Å²) in [6, 6.07) is 25.3. The average Bonchev–Trinajstić information content (AvgIpc) is 3.07. The molecule has 156 valence electrons. The van der Waals surface area contributed by atoms with Crippen molar-refractivity contribution in [1.29, 1.82) is 0 Å². The van der Waals surface area contributed by atoms with Crippen molar-refractivity contribution in [2.75, 3.05) is 5.32 Å². The van der Waals surface area contributed by atoms with E-state index >= 15 is 0 Å². The third kappa shape index (κ3) is 4.67. The largest absolute Gasteiger partial charge is 0.489 e. The molecule has 1 aromatic heterocycles. The highest BCUT2D eigenvalue weighted by Crippen LogP contribution is 2.24. The molecule has 0 radical (unpaired) electrons. The van der Waals surface area contributed by atoms with Crippen molar-refractivity contribution in [2.45, 2.75) is 27.4 Å². The molecule has 1 N–H and O–H groups in total. The number of carbonyl (C=O) groups excluding carboxylic acids is 1. The van der Waals surface area contributed by atoms with Gasteiger partial charge < -0.3 is 10.1 Å². The Morgan fingerprint density at radius 1 is 0.935 bits per heavy atom. The number of ether oxygens (including phenoxy) is 1. The van der Waals surface area contributed by atoms with E-state index in [9.17, 15) is 4.79 Å². The molecule has 0 saturated carbocycles. The van der Waals surface area contributed by atoms with Crippen molar-refractivity contribution in [3.05, 3.63) is 107 Å². The lowest BCUT2D eigenvalue weighted by Crippen LogP contribution is -2.13. The molecule has 0 bridgehead atoms. The van der Waals surface area contributed by atoms with E-state index < -0.39 is 0 Å². The third-order valence-corrected chi connectivity index (χ3v) is 5.11. The zero-order valence-corrected chi connectivity index (χ0v) is 17.9. The second-order valence-electron chi connectivity index (χ2n) is 7.55. The third-order valence-electron chi connectivity index (χ3n) is 5.11. The van der Waals surface area contributed by atoms with Crippen LogP contribution >= 0.6 is 0 Å². The number of amides is 1. The number of aromatic nitrogens is 2. The van der Waals surface area contributed by atoms with Crippen LogP contribution in [0.25, 0.3) is 5.69 Å². The number of hydrogen-bond acceptors (Lipinski definition) is 3. The van der Waals surface area contributed by atoms with Crippen LogP contribution in [0.2, 0.25) is 0 Å². The average molecular weight is 412 g/mol. The molecular weight excluding hydrogens is 386 g/mol. The molecule has 0 spiro atoms. The quantitative estimate of drug-likeness (QED) is 0.447. The number of carbonyl (C=O) groups is 1. The van der Waals surface area contributed by atoms with Gasteiger partial charge in [-0.25, -0.2) is 4.68 Å². The number of nitrogens with one attached hydrogen (secondary N) is 1. The van der Waals surface area contributed by atoms with Gasteiger partial charge in [0.05, 0.1) is 22.8 Å². The molecule has 0 saturated heterocycles. The Kier molecular flexibility index (Phi) is 5.85. The van der Waals surface area contributed by atoms with Gasteiger partial charge in [0.15, 0.2) is 0 Å². The minimum absolute atomic E-state index is 0.195. The molecule has 4 aromatic rings. The van der Waals surface area contributed by atoms with E-state index in [2.05, 4.69) is 29.5 Å². The van der Waals surface area contributed by atoms with E-state index in [1.54, 1.807) is 12.1 Å². The van der Waals surface area contributed by atoms with E-state index in [0.29, 0.717) is 17.9 Å². The van der Waals surface area contributed by atoms with Crippen LogP contribution in [0.5, 0.6) is 5.75 Å². The zero-order valence-electron chi connectivity index (χ0n) is 17.9. The monoisotopic (exact) mass is 411 g/mol. The van der Waals surface area contributed by atoms with E-state index in [1.165, 1.54) is 5.56 Å². The maximum Gasteiger partial charge on any atom is 0.255 e. The van der Waals surface area contributed by atoms with Gasteiger partial charge in [0.1, 0.15) is 12.4 Å². The molecule has 3 aromatic carbocycles. The smallest absolute Gasteiger partial charge is 0.255 e. The summed E-state index contributed by atoms with van der Waals surface area (Å²) in [5, 5.41) is 7.61. The van der Waals surface area contributed by atoms with E-state index in [1.807, 2.05) is 73.1 Å².